The number of allylic oxidation sites excluding steroid dienone is 5. The van der Waals surface area contributed by atoms with E-state index >= 15 is 0 Å². The van der Waals surface area contributed by atoms with Gasteiger partial charge in [-0.05, 0) is 36.8 Å². The molecule has 114 valence electrons. The van der Waals surface area contributed by atoms with E-state index in [0.717, 1.165) is 16.0 Å². The maximum absolute atomic E-state index is 12.2. The monoisotopic (exact) mass is 314 g/mol. The predicted octanol–water partition coefficient (Wildman–Crippen LogP) is 3.85. The van der Waals surface area contributed by atoms with Crippen LogP contribution in [0.1, 0.15) is 17.5 Å². The molecule has 1 aliphatic rings. The largest absolute Gasteiger partial charge is 0.496 e. The van der Waals surface area contributed by atoms with Gasteiger partial charge < -0.3 is 9.47 Å². The Balaban J connectivity index is 2.30. The summed E-state index contributed by atoms with van der Waals surface area (Å²) in [5.74, 6) is 1.31. The molecule has 3 nitrogen and oxygen atoms in total. The lowest BCUT2D eigenvalue weighted by molar-refractivity contribution is -0.111. The molecule has 0 bridgehead atoms. The number of ketones is 1. The van der Waals surface area contributed by atoms with Crippen LogP contribution in [0.15, 0.2) is 42.0 Å². The molecule has 0 heterocycles. The third-order valence-corrected chi connectivity index (χ3v) is 3.74. The number of thiocarbonyl (C=S) groups is 1. The zero-order valence-corrected chi connectivity index (χ0v) is 13.7. The van der Waals surface area contributed by atoms with Crippen LogP contribution in [-0.2, 0) is 4.79 Å². The average molecular weight is 314 g/mol. The van der Waals surface area contributed by atoms with Crippen LogP contribution in [0.2, 0.25) is 0 Å². The maximum Gasteiger partial charge on any atom is 0.185 e. The van der Waals surface area contributed by atoms with Crippen LogP contribution in [0.3, 0.4) is 0 Å². The molecular weight excluding hydrogens is 296 g/mol. The summed E-state index contributed by atoms with van der Waals surface area (Å²) in [5, 5.41) is 0. The summed E-state index contributed by atoms with van der Waals surface area (Å²) in [6.45, 7) is 1.95. The van der Waals surface area contributed by atoms with Crippen LogP contribution in [0.4, 0.5) is 0 Å². The van der Waals surface area contributed by atoms with Crippen molar-refractivity contribution < 1.29 is 14.3 Å². The molecule has 22 heavy (non-hydrogen) atoms. The van der Waals surface area contributed by atoms with Crippen molar-refractivity contribution in [1.29, 1.82) is 0 Å². The number of carbonyl (C=O) groups excluding carboxylic acids is 1. The molecule has 1 aromatic rings. The minimum Gasteiger partial charge on any atom is -0.496 e. The van der Waals surface area contributed by atoms with Gasteiger partial charge in [0.15, 0.2) is 5.78 Å². The first kappa shape index (κ1) is 16.2. The average Bonchev–Trinajstić information content (AvgIpc) is 2.53. The first-order chi connectivity index (χ1) is 10.6. The Labute approximate surface area is 135 Å². The Morgan fingerprint density at radius 2 is 2.00 bits per heavy atom. The van der Waals surface area contributed by atoms with E-state index in [0.29, 0.717) is 23.5 Å². The highest BCUT2D eigenvalue weighted by molar-refractivity contribution is 7.80. The molecule has 4 heteroatoms. The Morgan fingerprint density at radius 3 is 2.59 bits per heavy atom. The highest BCUT2D eigenvalue weighted by Crippen LogP contribution is 2.33. The molecule has 0 saturated carbocycles. The van der Waals surface area contributed by atoms with Crippen molar-refractivity contribution in [3.8, 4) is 11.5 Å². The summed E-state index contributed by atoms with van der Waals surface area (Å²) >= 11 is 5.07. The summed E-state index contributed by atoms with van der Waals surface area (Å²) in [6.07, 6.45) is 9.30. The van der Waals surface area contributed by atoms with Crippen LogP contribution < -0.4 is 9.47 Å². The van der Waals surface area contributed by atoms with Crippen molar-refractivity contribution >= 4 is 28.9 Å². The van der Waals surface area contributed by atoms with E-state index in [1.165, 1.54) is 6.08 Å². The van der Waals surface area contributed by atoms with Crippen molar-refractivity contribution in [2.75, 3.05) is 14.2 Å². The predicted molar refractivity (Wildman–Crippen MR) is 92.8 cm³/mol. The second-order valence-electron chi connectivity index (χ2n) is 4.89. The lowest BCUT2D eigenvalue weighted by Gasteiger charge is -2.12. The minimum atomic E-state index is -0.0654. The van der Waals surface area contributed by atoms with E-state index in [-0.39, 0.29) is 5.78 Å². The maximum atomic E-state index is 12.2. The van der Waals surface area contributed by atoms with Gasteiger partial charge in [0.2, 0.25) is 0 Å². The molecular formula is C18H18O3S. The third kappa shape index (κ3) is 3.52. The molecule has 1 aromatic carbocycles. The number of benzene rings is 1. The Hall–Kier alpha value is -2.20. The summed E-state index contributed by atoms with van der Waals surface area (Å²) in [5.41, 5.74) is 2.39. The van der Waals surface area contributed by atoms with E-state index in [1.54, 1.807) is 32.4 Å². The van der Waals surface area contributed by atoms with Gasteiger partial charge in [-0.25, -0.2) is 0 Å². The van der Waals surface area contributed by atoms with Crippen molar-refractivity contribution in [3.63, 3.8) is 0 Å². The second kappa shape index (κ2) is 7.18. The van der Waals surface area contributed by atoms with E-state index in [9.17, 15) is 4.79 Å². The molecule has 0 fully saturated rings. The van der Waals surface area contributed by atoms with Crippen molar-refractivity contribution in [3.05, 3.63) is 53.1 Å². The molecule has 2 rings (SSSR count). The summed E-state index contributed by atoms with van der Waals surface area (Å²) in [4.78, 5) is 13.1. The molecule has 0 unspecified atom stereocenters. The summed E-state index contributed by atoms with van der Waals surface area (Å²) in [7, 11) is 3.20. The van der Waals surface area contributed by atoms with Gasteiger partial charge in [0.05, 0.1) is 19.8 Å². The lowest BCUT2D eigenvalue weighted by atomic mass is 10.0. The quantitative estimate of drug-likeness (QED) is 0.611. The van der Waals surface area contributed by atoms with Crippen molar-refractivity contribution in [2.45, 2.75) is 13.3 Å². The van der Waals surface area contributed by atoms with E-state index in [2.05, 4.69) is 0 Å². The Kier molecular flexibility index (Phi) is 5.28. The minimum absolute atomic E-state index is 0.0654. The molecule has 0 atom stereocenters. The molecule has 1 aliphatic carbocycles. The normalized spacial score (nSPS) is 14.1. The first-order valence-electron chi connectivity index (χ1n) is 6.92. The summed E-state index contributed by atoms with van der Waals surface area (Å²) < 4.78 is 10.8. The van der Waals surface area contributed by atoms with Gasteiger partial charge in [-0.1, -0.05) is 30.4 Å². The molecule has 0 aliphatic heterocycles. The Morgan fingerprint density at radius 1 is 1.23 bits per heavy atom. The number of hydrogen-bond donors (Lipinski definition) is 0. The number of methoxy groups -OCH3 is 2. The first-order valence-corrected chi connectivity index (χ1v) is 7.32. The number of hydrogen-bond acceptors (Lipinski definition) is 4. The fourth-order valence-electron chi connectivity index (χ4n) is 2.26. The van der Waals surface area contributed by atoms with Crippen LogP contribution in [-0.4, -0.2) is 24.9 Å². The van der Waals surface area contributed by atoms with Gasteiger partial charge in [0.1, 0.15) is 11.5 Å². The molecule has 0 spiro atoms. The highest BCUT2D eigenvalue weighted by atomic mass is 32.1. The third-order valence-electron chi connectivity index (χ3n) is 3.43. The van der Waals surface area contributed by atoms with Gasteiger partial charge in [0, 0.05) is 16.9 Å². The van der Waals surface area contributed by atoms with Gasteiger partial charge >= 0.3 is 0 Å². The van der Waals surface area contributed by atoms with E-state index in [1.807, 2.05) is 25.1 Å². The molecule has 0 aromatic heterocycles. The fraction of sp³-hybridized carbons (Fsp3) is 0.222. The number of ether oxygens (including phenoxy) is 2. The number of rotatable bonds is 5. The number of aryl methyl sites for hydroxylation is 1. The van der Waals surface area contributed by atoms with Crippen molar-refractivity contribution in [1.82, 2.24) is 0 Å². The highest BCUT2D eigenvalue weighted by Gasteiger charge is 2.12. The lowest BCUT2D eigenvalue weighted by Crippen LogP contribution is -2.02. The van der Waals surface area contributed by atoms with Gasteiger partial charge in [-0.2, -0.15) is 0 Å². The zero-order chi connectivity index (χ0) is 16.1. The summed E-state index contributed by atoms with van der Waals surface area (Å²) in [6, 6.07) is 3.78. The van der Waals surface area contributed by atoms with Gasteiger partial charge in [0.25, 0.3) is 0 Å². The van der Waals surface area contributed by atoms with E-state index < -0.39 is 0 Å². The smallest absolute Gasteiger partial charge is 0.185 e. The Bertz CT molecular complexity index is 697. The standard InChI is InChI=1S/C18H18O3S/c1-12-4-11-17(20-2)15(18(12)21-3)9-10-16(19)13-5-7-14(22)8-6-13/h4-7,9-11H,8H2,1-3H3. The topological polar surface area (TPSA) is 35.5 Å². The van der Waals surface area contributed by atoms with Gasteiger partial charge in [-0.15, -0.1) is 0 Å². The second-order valence-corrected chi connectivity index (χ2v) is 5.42. The van der Waals surface area contributed by atoms with Gasteiger partial charge in [-0.3, -0.25) is 4.79 Å². The van der Waals surface area contributed by atoms with Crippen LogP contribution >= 0.6 is 12.2 Å². The van der Waals surface area contributed by atoms with Crippen LogP contribution in [0, 0.1) is 6.92 Å². The molecule has 0 N–H and O–H groups in total. The molecule has 0 amide bonds. The molecule has 0 radical (unpaired) electrons. The van der Waals surface area contributed by atoms with Crippen molar-refractivity contribution in [2.24, 2.45) is 0 Å². The number of carbonyl (C=O) groups is 1. The van der Waals surface area contributed by atoms with Crippen LogP contribution in [0.25, 0.3) is 6.08 Å². The zero-order valence-electron chi connectivity index (χ0n) is 12.9. The van der Waals surface area contributed by atoms with Crippen LogP contribution in [0.5, 0.6) is 11.5 Å². The molecule has 0 saturated heterocycles. The van der Waals surface area contributed by atoms with E-state index in [4.69, 9.17) is 21.7 Å². The SMILES string of the molecule is COc1ccc(C)c(OC)c1C=CC(=O)C1=CCC(=S)C=C1. The fourth-order valence-corrected chi connectivity index (χ4v) is 2.42.